The van der Waals surface area contributed by atoms with Crippen LogP contribution in [-0.2, 0) is 10.2 Å². The van der Waals surface area contributed by atoms with E-state index < -0.39 is 11.7 Å². The highest BCUT2D eigenvalue weighted by atomic mass is 19.3. The number of pyridine rings is 1. The minimum Gasteiger partial charge on any atom is -0.395 e. The molecule has 0 atom stereocenters. The molecule has 0 bridgehead atoms. The van der Waals surface area contributed by atoms with Gasteiger partial charge in [0.1, 0.15) is 5.82 Å². The van der Waals surface area contributed by atoms with Crippen molar-refractivity contribution in [2.45, 2.75) is 39.4 Å². The van der Waals surface area contributed by atoms with Crippen LogP contribution in [0.1, 0.15) is 30.7 Å². The molecule has 4 aromatic rings. The number of halogens is 2. The summed E-state index contributed by atoms with van der Waals surface area (Å²) in [6.07, 6.45) is -3.71. The van der Waals surface area contributed by atoms with Crippen LogP contribution in [0.4, 0.5) is 14.6 Å². The van der Waals surface area contributed by atoms with E-state index >= 15 is 0 Å². The number of benzene rings is 2. The molecule has 1 amide bonds. The molecule has 0 saturated heterocycles. The van der Waals surface area contributed by atoms with Crippen molar-refractivity contribution < 1.29 is 23.0 Å². The SMILES string of the molecule is Cc1ccc(NC(=O)C(C)(C)c2ccc3c(c2)OC(F)(F)O3)nc1-c1ccc2c(C)n[nH]c2c1. The van der Waals surface area contributed by atoms with E-state index in [4.69, 9.17) is 0 Å². The van der Waals surface area contributed by atoms with Gasteiger partial charge in [0.2, 0.25) is 5.91 Å². The van der Waals surface area contributed by atoms with Gasteiger partial charge in [0.15, 0.2) is 11.5 Å². The van der Waals surface area contributed by atoms with E-state index in [9.17, 15) is 13.6 Å². The molecule has 0 unspecified atom stereocenters. The summed E-state index contributed by atoms with van der Waals surface area (Å²) >= 11 is 0. The van der Waals surface area contributed by atoms with Gasteiger partial charge in [-0.05, 0) is 63.1 Å². The molecule has 7 nitrogen and oxygen atoms in total. The number of H-pyrrole nitrogens is 1. The molecular weight excluding hydrogens is 442 g/mol. The fourth-order valence-electron chi connectivity index (χ4n) is 3.94. The number of nitrogens with one attached hydrogen (secondary N) is 2. The number of carbonyl (C=O) groups is 1. The zero-order chi connectivity index (χ0) is 24.3. The number of aromatic nitrogens is 3. The molecule has 2 aromatic carbocycles. The van der Waals surface area contributed by atoms with Gasteiger partial charge in [-0.2, -0.15) is 5.10 Å². The molecule has 3 heterocycles. The third-order valence-corrected chi connectivity index (χ3v) is 6.06. The van der Waals surface area contributed by atoms with Crippen LogP contribution in [-0.4, -0.2) is 27.4 Å². The van der Waals surface area contributed by atoms with Crippen molar-refractivity contribution in [2.75, 3.05) is 5.32 Å². The molecule has 0 fully saturated rings. The Balaban J connectivity index is 1.41. The molecule has 5 rings (SSSR count). The quantitative estimate of drug-likeness (QED) is 0.418. The fourth-order valence-corrected chi connectivity index (χ4v) is 3.94. The van der Waals surface area contributed by atoms with E-state index in [0.29, 0.717) is 11.4 Å². The number of nitrogens with zero attached hydrogens (tertiary/aromatic N) is 2. The smallest absolute Gasteiger partial charge is 0.395 e. The lowest BCUT2D eigenvalue weighted by molar-refractivity contribution is -0.286. The lowest BCUT2D eigenvalue weighted by Gasteiger charge is -2.24. The lowest BCUT2D eigenvalue weighted by Crippen LogP contribution is -2.35. The maximum absolute atomic E-state index is 13.4. The average Bonchev–Trinajstić information content (AvgIpc) is 3.31. The summed E-state index contributed by atoms with van der Waals surface area (Å²) < 4.78 is 35.7. The number of hydrogen-bond acceptors (Lipinski definition) is 5. The Hall–Kier alpha value is -4.01. The molecule has 0 radical (unpaired) electrons. The van der Waals surface area contributed by atoms with E-state index in [1.54, 1.807) is 26.0 Å². The summed E-state index contributed by atoms with van der Waals surface area (Å²) in [6, 6.07) is 13.9. The second-order valence-electron chi connectivity index (χ2n) is 8.84. The van der Waals surface area contributed by atoms with Gasteiger partial charge in [-0.15, -0.1) is 8.78 Å². The maximum atomic E-state index is 13.4. The Labute approximate surface area is 194 Å². The maximum Gasteiger partial charge on any atom is 0.586 e. The minimum absolute atomic E-state index is 0.0702. The monoisotopic (exact) mass is 464 g/mol. The molecule has 1 aliphatic rings. The first-order chi connectivity index (χ1) is 16.0. The zero-order valence-corrected chi connectivity index (χ0v) is 19.0. The van der Waals surface area contributed by atoms with Gasteiger partial charge in [-0.25, -0.2) is 4.98 Å². The van der Waals surface area contributed by atoms with E-state index in [1.165, 1.54) is 12.1 Å². The highest BCUT2D eigenvalue weighted by Crippen LogP contribution is 2.43. The Morgan fingerprint density at radius 2 is 1.79 bits per heavy atom. The normalized spacial score (nSPS) is 14.4. The van der Waals surface area contributed by atoms with E-state index in [2.05, 4.69) is 30.0 Å². The standard InChI is InChI=1S/C25H22F2N4O3/c1-13-5-10-21(28-22(13)15-6-8-17-14(2)30-31-18(17)11-15)29-23(32)24(3,4)16-7-9-19-20(12-16)34-25(26,27)33-19/h5-12H,1-4H3,(H,30,31)(H,28,29,32). The highest BCUT2D eigenvalue weighted by molar-refractivity contribution is 5.98. The van der Waals surface area contributed by atoms with Crippen molar-refractivity contribution in [3.05, 3.63) is 65.4 Å². The first-order valence-electron chi connectivity index (χ1n) is 10.7. The Kier molecular flexibility index (Phi) is 4.82. The van der Waals surface area contributed by atoms with Crippen LogP contribution in [0.15, 0.2) is 48.5 Å². The summed E-state index contributed by atoms with van der Waals surface area (Å²) in [4.78, 5) is 17.9. The molecule has 0 saturated carbocycles. The van der Waals surface area contributed by atoms with E-state index in [1.807, 2.05) is 38.1 Å². The molecule has 0 aliphatic carbocycles. The van der Waals surface area contributed by atoms with Gasteiger partial charge in [0.25, 0.3) is 0 Å². The number of aryl methyl sites for hydroxylation is 2. The number of carbonyl (C=O) groups excluding carboxylic acids is 1. The Morgan fingerprint density at radius 1 is 1.03 bits per heavy atom. The Morgan fingerprint density at radius 3 is 2.59 bits per heavy atom. The Bertz CT molecular complexity index is 1450. The number of alkyl halides is 2. The summed E-state index contributed by atoms with van der Waals surface area (Å²) in [5.41, 5.74) is 3.83. The summed E-state index contributed by atoms with van der Waals surface area (Å²) in [5, 5.41) is 11.1. The topological polar surface area (TPSA) is 89.1 Å². The van der Waals surface area contributed by atoms with Crippen LogP contribution in [0.2, 0.25) is 0 Å². The molecule has 2 aromatic heterocycles. The summed E-state index contributed by atoms with van der Waals surface area (Å²) in [6.45, 7) is 7.28. The number of fused-ring (bicyclic) bond motifs is 2. The van der Waals surface area contributed by atoms with Crippen molar-refractivity contribution >= 4 is 22.6 Å². The summed E-state index contributed by atoms with van der Waals surface area (Å²) in [7, 11) is 0. The third kappa shape index (κ3) is 3.72. The molecular formula is C25H22F2N4O3. The van der Waals surface area contributed by atoms with Crippen molar-refractivity contribution in [3.8, 4) is 22.8 Å². The molecule has 2 N–H and O–H groups in total. The first kappa shape index (κ1) is 21.8. The molecule has 34 heavy (non-hydrogen) atoms. The van der Waals surface area contributed by atoms with Crippen molar-refractivity contribution in [1.82, 2.24) is 15.2 Å². The summed E-state index contributed by atoms with van der Waals surface area (Å²) in [5.74, 6) is -0.144. The average molecular weight is 464 g/mol. The lowest BCUT2D eigenvalue weighted by atomic mass is 9.83. The zero-order valence-electron chi connectivity index (χ0n) is 19.0. The van der Waals surface area contributed by atoms with E-state index in [-0.39, 0.29) is 17.4 Å². The second-order valence-corrected chi connectivity index (χ2v) is 8.84. The van der Waals surface area contributed by atoms with Crippen LogP contribution in [0, 0.1) is 13.8 Å². The molecule has 174 valence electrons. The number of hydrogen-bond donors (Lipinski definition) is 2. The molecule has 0 spiro atoms. The van der Waals surface area contributed by atoms with Gasteiger partial charge in [0, 0.05) is 10.9 Å². The van der Waals surface area contributed by atoms with Crippen molar-refractivity contribution in [1.29, 1.82) is 0 Å². The second kappa shape index (κ2) is 7.51. The van der Waals surface area contributed by atoms with Crippen LogP contribution < -0.4 is 14.8 Å². The molecule has 9 heteroatoms. The predicted molar refractivity (Wildman–Crippen MR) is 123 cm³/mol. The number of aromatic amines is 1. The van der Waals surface area contributed by atoms with Crippen LogP contribution in [0.5, 0.6) is 11.5 Å². The number of rotatable bonds is 4. The fraction of sp³-hybridized carbons (Fsp3) is 0.240. The minimum atomic E-state index is -3.71. The van der Waals surface area contributed by atoms with Gasteiger partial charge < -0.3 is 14.8 Å². The van der Waals surface area contributed by atoms with E-state index in [0.717, 1.165) is 33.4 Å². The largest absolute Gasteiger partial charge is 0.586 e. The van der Waals surface area contributed by atoms with Gasteiger partial charge in [-0.1, -0.05) is 24.3 Å². The third-order valence-electron chi connectivity index (χ3n) is 6.06. The van der Waals surface area contributed by atoms with Gasteiger partial charge in [-0.3, -0.25) is 9.89 Å². The van der Waals surface area contributed by atoms with Crippen LogP contribution in [0.3, 0.4) is 0 Å². The van der Waals surface area contributed by atoms with Crippen molar-refractivity contribution in [2.24, 2.45) is 0 Å². The number of anilines is 1. The number of amides is 1. The van der Waals surface area contributed by atoms with Crippen LogP contribution >= 0.6 is 0 Å². The highest BCUT2D eigenvalue weighted by Gasteiger charge is 2.44. The van der Waals surface area contributed by atoms with Gasteiger partial charge >= 0.3 is 6.29 Å². The van der Waals surface area contributed by atoms with Gasteiger partial charge in [0.05, 0.1) is 22.3 Å². The molecule has 1 aliphatic heterocycles. The predicted octanol–water partition coefficient (Wildman–Crippen LogP) is 5.48. The first-order valence-corrected chi connectivity index (χ1v) is 10.7. The number of ether oxygens (including phenoxy) is 2. The van der Waals surface area contributed by atoms with Crippen molar-refractivity contribution in [3.63, 3.8) is 0 Å². The van der Waals surface area contributed by atoms with Crippen LogP contribution in [0.25, 0.3) is 22.2 Å².